The van der Waals surface area contributed by atoms with Gasteiger partial charge in [-0.05, 0) is 61.1 Å². The summed E-state index contributed by atoms with van der Waals surface area (Å²) in [7, 11) is 0. The molecule has 2 bridgehead atoms. The van der Waals surface area contributed by atoms with Gasteiger partial charge in [0, 0.05) is 31.1 Å². The summed E-state index contributed by atoms with van der Waals surface area (Å²) in [6.07, 6.45) is 5.35. The molecule has 3 aliphatic heterocycles. The molecule has 2 aromatic rings. The summed E-state index contributed by atoms with van der Waals surface area (Å²) in [6.45, 7) is 7.34. The third kappa shape index (κ3) is 3.02. The Morgan fingerprint density at radius 3 is 3.00 bits per heavy atom. The van der Waals surface area contributed by atoms with Crippen LogP contribution >= 0.6 is 0 Å². The molecule has 0 amide bonds. The molecule has 26 heavy (non-hydrogen) atoms. The molecule has 3 saturated heterocycles. The molecule has 5 rings (SSSR count). The topological polar surface area (TPSA) is 62.7 Å². The molecule has 4 heterocycles. The smallest absolute Gasteiger partial charge is 0.308 e. The molecular weight excluding hydrogens is 328 g/mol. The summed E-state index contributed by atoms with van der Waals surface area (Å²) in [5.74, 6) is 1.24. The van der Waals surface area contributed by atoms with Crippen LogP contribution in [-0.2, 0) is 4.79 Å². The van der Waals surface area contributed by atoms with Crippen LogP contribution in [0.5, 0.6) is 5.75 Å². The summed E-state index contributed by atoms with van der Waals surface area (Å²) < 4.78 is 5.21. The van der Waals surface area contributed by atoms with Gasteiger partial charge in [0.25, 0.3) is 0 Å². The van der Waals surface area contributed by atoms with Gasteiger partial charge in [0.1, 0.15) is 5.75 Å². The van der Waals surface area contributed by atoms with Gasteiger partial charge in [-0.15, -0.1) is 6.58 Å². The van der Waals surface area contributed by atoms with Crippen LogP contribution in [0.15, 0.2) is 43.1 Å². The summed E-state index contributed by atoms with van der Waals surface area (Å²) >= 11 is 0. The van der Waals surface area contributed by atoms with E-state index in [0.717, 1.165) is 36.0 Å². The van der Waals surface area contributed by atoms with Crippen molar-refractivity contribution in [2.75, 3.05) is 13.1 Å². The second kappa shape index (κ2) is 6.82. The number of nitrogens with zero attached hydrogens (tertiary/aromatic N) is 2. The SMILES string of the molecule is C=CC1CN2CCC1CC2C(O)c1ccnc2ccc(OC(C)=O)cc12. The van der Waals surface area contributed by atoms with Crippen molar-refractivity contribution in [3.05, 3.63) is 48.7 Å². The maximum absolute atomic E-state index is 11.3. The van der Waals surface area contributed by atoms with Crippen LogP contribution in [0, 0.1) is 11.8 Å². The monoisotopic (exact) mass is 352 g/mol. The Balaban J connectivity index is 1.67. The van der Waals surface area contributed by atoms with Crippen molar-refractivity contribution in [3.8, 4) is 5.75 Å². The zero-order valence-corrected chi connectivity index (χ0v) is 15.0. The highest BCUT2D eigenvalue weighted by Gasteiger charge is 2.42. The highest BCUT2D eigenvalue weighted by atomic mass is 16.5. The first-order valence-electron chi connectivity index (χ1n) is 9.18. The summed E-state index contributed by atoms with van der Waals surface area (Å²) in [6, 6.07) is 7.33. The maximum atomic E-state index is 11.3. The summed E-state index contributed by atoms with van der Waals surface area (Å²) in [5, 5.41) is 12.0. The number of hydrogen-bond acceptors (Lipinski definition) is 5. The number of ether oxygens (including phenoxy) is 1. The highest BCUT2D eigenvalue weighted by Crippen LogP contribution is 2.42. The van der Waals surface area contributed by atoms with Crippen molar-refractivity contribution in [1.82, 2.24) is 9.88 Å². The van der Waals surface area contributed by atoms with Crippen molar-refractivity contribution in [3.63, 3.8) is 0 Å². The number of piperidine rings is 3. The molecular formula is C21H24N2O3. The number of carbonyl (C=O) groups is 1. The quantitative estimate of drug-likeness (QED) is 0.520. The van der Waals surface area contributed by atoms with E-state index in [1.54, 1.807) is 18.3 Å². The minimum Gasteiger partial charge on any atom is -0.427 e. The molecule has 1 N–H and O–H groups in total. The fourth-order valence-corrected chi connectivity index (χ4v) is 4.55. The van der Waals surface area contributed by atoms with Crippen LogP contribution in [0.1, 0.15) is 31.4 Å². The lowest BCUT2D eigenvalue weighted by molar-refractivity contribution is -0.131. The van der Waals surface area contributed by atoms with Gasteiger partial charge in [-0.2, -0.15) is 0 Å². The lowest BCUT2D eigenvalue weighted by Gasteiger charge is -2.50. The van der Waals surface area contributed by atoms with Crippen LogP contribution in [-0.4, -0.2) is 40.1 Å². The van der Waals surface area contributed by atoms with Crippen LogP contribution in [0.2, 0.25) is 0 Å². The lowest BCUT2D eigenvalue weighted by Crippen LogP contribution is -2.54. The fraction of sp³-hybridized carbons (Fsp3) is 0.429. The second-order valence-electron chi connectivity index (χ2n) is 7.36. The Morgan fingerprint density at radius 2 is 2.31 bits per heavy atom. The van der Waals surface area contributed by atoms with Gasteiger partial charge >= 0.3 is 5.97 Å². The second-order valence-corrected chi connectivity index (χ2v) is 7.36. The number of pyridine rings is 1. The number of benzene rings is 1. The molecule has 0 radical (unpaired) electrons. The van der Waals surface area contributed by atoms with E-state index < -0.39 is 6.10 Å². The predicted molar refractivity (Wildman–Crippen MR) is 99.8 cm³/mol. The predicted octanol–water partition coefficient (Wildman–Crippen LogP) is 3.09. The molecule has 5 heteroatoms. The number of hydrogen-bond donors (Lipinski definition) is 1. The Bertz CT molecular complexity index is 850. The third-order valence-electron chi connectivity index (χ3n) is 5.85. The fourth-order valence-electron chi connectivity index (χ4n) is 4.55. The number of rotatable bonds is 4. The average Bonchev–Trinajstić information content (AvgIpc) is 2.66. The number of carbonyl (C=O) groups excluding carboxylic acids is 1. The molecule has 3 fully saturated rings. The molecule has 1 aromatic carbocycles. The van der Waals surface area contributed by atoms with Crippen LogP contribution in [0.4, 0.5) is 0 Å². The largest absolute Gasteiger partial charge is 0.427 e. The van der Waals surface area contributed by atoms with Gasteiger partial charge in [-0.1, -0.05) is 6.08 Å². The van der Waals surface area contributed by atoms with Gasteiger partial charge in [0.2, 0.25) is 0 Å². The standard InChI is InChI=1S/C21H24N2O3/c1-3-14-12-23-9-7-15(14)10-20(23)21(25)17-6-8-22-19-5-4-16(11-18(17)19)26-13(2)24/h3-6,8,11,14-15,20-21,25H,1,7,9-10,12H2,2H3. The molecule has 3 aliphatic rings. The van der Waals surface area contributed by atoms with E-state index in [0.29, 0.717) is 17.6 Å². The first-order chi connectivity index (χ1) is 12.6. The van der Waals surface area contributed by atoms with E-state index in [9.17, 15) is 9.90 Å². The van der Waals surface area contributed by atoms with E-state index in [1.807, 2.05) is 12.1 Å². The first kappa shape index (κ1) is 17.2. The van der Waals surface area contributed by atoms with E-state index in [1.165, 1.54) is 13.3 Å². The van der Waals surface area contributed by atoms with Crippen molar-refractivity contribution in [2.24, 2.45) is 11.8 Å². The number of aliphatic hydroxyl groups excluding tert-OH is 1. The van der Waals surface area contributed by atoms with Gasteiger partial charge in [0.15, 0.2) is 0 Å². The maximum Gasteiger partial charge on any atom is 0.308 e. The number of aliphatic hydroxyl groups is 1. The normalized spacial score (nSPS) is 28.7. The summed E-state index contributed by atoms with van der Waals surface area (Å²) in [5.41, 5.74) is 1.63. The molecule has 0 spiro atoms. The molecule has 5 atom stereocenters. The number of aromatic nitrogens is 1. The molecule has 0 aliphatic carbocycles. The van der Waals surface area contributed by atoms with Gasteiger partial charge in [-0.25, -0.2) is 0 Å². The zero-order valence-electron chi connectivity index (χ0n) is 15.0. The van der Waals surface area contributed by atoms with Crippen LogP contribution in [0.3, 0.4) is 0 Å². The highest BCUT2D eigenvalue weighted by molar-refractivity contribution is 5.84. The van der Waals surface area contributed by atoms with Gasteiger partial charge in [0.05, 0.1) is 11.6 Å². The Hall–Kier alpha value is -2.24. The molecule has 5 nitrogen and oxygen atoms in total. The van der Waals surface area contributed by atoms with Crippen LogP contribution in [0.25, 0.3) is 10.9 Å². The lowest BCUT2D eigenvalue weighted by atomic mass is 9.73. The number of fused-ring (bicyclic) bond motifs is 4. The van der Waals surface area contributed by atoms with Crippen molar-refractivity contribution in [1.29, 1.82) is 0 Å². The van der Waals surface area contributed by atoms with E-state index >= 15 is 0 Å². The molecule has 5 unspecified atom stereocenters. The molecule has 1 aromatic heterocycles. The zero-order chi connectivity index (χ0) is 18.3. The Morgan fingerprint density at radius 1 is 1.46 bits per heavy atom. The van der Waals surface area contributed by atoms with Crippen molar-refractivity contribution < 1.29 is 14.6 Å². The molecule has 0 saturated carbocycles. The van der Waals surface area contributed by atoms with Crippen LogP contribution < -0.4 is 4.74 Å². The summed E-state index contributed by atoms with van der Waals surface area (Å²) in [4.78, 5) is 18.0. The average molecular weight is 352 g/mol. The Kier molecular flexibility index (Phi) is 4.51. The van der Waals surface area contributed by atoms with Crippen molar-refractivity contribution >= 4 is 16.9 Å². The number of esters is 1. The third-order valence-corrected chi connectivity index (χ3v) is 5.85. The van der Waals surface area contributed by atoms with Gasteiger partial charge < -0.3 is 9.84 Å². The van der Waals surface area contributed by atoms with E-state index in [-0.39, 0.29) is 12.0 Å². The van der Waals surface area contributed by atoms with Crippen molar-refractivity contribution in [2.45, 2.75) is 31.9 Å². The first-order valence-corrected chi connectivity index (χ1v) is 9.18. The van der Waals surface area contributed by atoms with E-state index in [2.05, 4.69) is 22.5 Å². The van der Waals surface area contributed by atoms with E-state index in [4.69, 9.17) is 4.74 Å². The van der Waals surface area contributed by atoms with Gasteiger partial charge in [-0.3, -0.25) is 14.7 Å². The minimum absolute atomic E-state index is 0.105. The minimum atomic E-state index is -0.596. The molecule has 136 valence electrons. The Labute approximate surface area is 153 Å².